The van der Waals surface area contributed by atoms with E-state index in [-0.39, 0.29) is 17.8 Å². The Morgan fingerprint density at radius 1 is 1.39 bits per heavy atom. The monoisotopic (exact) mass is 265 g/mol. The lowest BCUT2D eigenvalue weighted by Gasteiger charge is -2.05. The number of rotatable bonds is 2. The molecule has 0 amide bonds. The average molecular weight is 266 g/mol. The molecule has 2 aromatic rings. The summed E-state index contributed by atoms with van der Waals surface area (Å²) >= 11 is 5.77. The summed E-state index contributed by atoms with van der Waals surface area (Å²) in [6, 6.07) is 3.37. The molecular weight excluding hydrogens is 254 g/mol. The Hall–Kier alpha value is -1.62. The molecule has 2 aromatic heterocycles. The normalized spacial score (nSPS) is 16.3. The van der Waals surface area contributed by atoms with Crippen LogP contribution in [0.1, 0.15) is 25.7 Å². The molecule has 3 rings (SSSR count). The lowest BCUT2D eigenvalue weighted by Crippen LogP contribution is -2.17. The Morgan fingerprint density at radius 2 is 2.17 bits per heavy atom. The number of hydrogen-bond donors (Lipinski definition) is 0. The molecule has 1 aliphatic carbocycles. The lowest BCUT2D eigenvalue weighted by atomic mass is 10.1. The lowest BCUT2D eigenvalue weighted by molar-refractivity contribution is -0.138. The first-order valence-corrected chi connectivity index (χ1v) is 6.34. The molecule has 0 unspecified atom stereocenters. The summed E-state index contributed by atoms with van der Waals surface area (Å²) in [4.78, 5) is 16.0. The second-order valence-electron chi connectivity index (χ2n) is 4.44. The van der Waals surface area contributed by atoms with Gasteiger partial charge in [-0.3, -0.25) is 4.79 Å². The van der Waals surface area contributed by atoms with Gasteiger partial charge in [0.05, 0.1) is 12.1 Å². The van der Waals surface area contributed by atoms with Gasteiger partial charge in [0.1, 0.15) is 5.15 Å². The minimum Gasteiger partial charge on any atom is -0.405 e. The molecule has 6 heteroatoms. The number of imidazole rings is 1. The van der Waals surface area contributed by atoms with Crippen LogP contribution in [0.25, 0.3) is 5.65 Å². The van der Waals surface area contributed by atoms with Crippen molar-refractivity contribution in [2.45, 2.75) is 25.7 Å². The van der Waals surface area contributed by atoms with Gasteiger partial charge in [-0.2, -0.15) is 10.1 Å². The van der Waals surface area contributed by atoms with Crippen LogP contribution in [0, 0.1) is 5.92 Å². The summed E-state index contributed by atoms with van der Waals surface area (Å²) in [7, 11) is 0. The molecule has 0 saturated heterocycles. The second-order valence-corrected chi connectivity index (χ2v) is 4.83. The summed E-state index contributed by atoms with van der Waals surface area (Å²) < 4.78 is 6.77. The quantitative estimate of drug-likeness (QED) is 0.783. The van der Waals surface area contributed by atoms with E-state index >= 15 is 0 Å². The number of carbonyl (C=O) groups excluding carboxylic acids is 1. The highest BCUT2D eigenvalue weighted by molar-refractivity contribution is 6.29. The van der Waals surface area contributed by atoms with Crippen molar-refractivity contribution in [2.24, 2.45) is 5.92 Å². The van der Waals surface area contributed by atoms with Crippen LogP contribution in [0.2, 0.25) is 5.15 Å². The first kappa shape index (κ1) is 11.5. The van der Waals surface area contributed by atoms with Gasteiger partial charge in [-0.25, -0.2) is 4.52 Å². The Balaban J connectivity index is 1.79. The van der Waals surface area contributed by atoms with Gasteiger partial charge < -0.3 is 4.74 Å². The van der Waals surface area contributed by atoms with Crippen LogP contribution in [-0.4, -0.2) is 20.6 Å². The molecule has 18 heavy (non-hydrogen) atoms. The van der Waals surface area contributed by atoms with Gasteiger partial charge in [0.25, 0.3) is 0 Å². The minimum absolute atomic E-state index is 0.0198. The Morgan fingerprint density at radius 3 is 2.94 bits per heavy atom. The highest BCUT2D eigenvalue weighted by Crippen LogP contribution is 2.26. The van der Waals surface area contributed by atoms with Crippen LogP contribution < -0.4 is 4.74 Å². The van der Waals surface area contributed by atoms with Crippen LogP contribution in [0.3, 0.4) is 0 Å². The van der Waals surface area contributed by atoms with E-state index in [9.17, 15) is 4.79 Å². The summed E-state index contributed by atoms with van der Waals surface area (Å²) in [5, 5.41) is 4.40. The number of nitrogens with zero attached hydrogens (tertiary/aromatic N) is 3. The van der Waals surface area contributed by atoms with Crippen molar-refractivity contribution in [2.75, 3.05) is 0 Å². The van der Waals surface area contributed by atoms with E-state index < -0.39 is 0 Å². The van der Waals surface area contributed by atoms with Crippen LogP contribution in [0.4, 0.5) is 0 Å². The predicted octanol–water partition coefficient (Wildman–Crippen LogP) is 2.48. The van der Waals surface area contributed by atoms with E-state index in [2.05, 4.69) is 10.1 Å². The number of ether oxygens (including phenoxy) is 1. The third kappa shape index (κ3) is 2.18. The van der Waals surface area contributed by atoms with Crippen molar-refractivity contribution >= 4 is 23.2 Å². The molecule has 94 valence electrons. The first-order chi connectivity index (χ1) is 8.72. The average Bonchev–Trinajstić information content (AvgIpc) is 2.95. The molecule has 0 spiro atoms. The second kappa shape index (κ2) is 4.57. The Labute approximate surface area is 109 Å². The smallest absolute Gasteiger partial charge is 0.315 e. The van der Waals surface area contributed by atoms with Crippen molar-refractivity contribution in [1.82, 2.24) is 14.6 Å². The third-order valence-electron chi connectivity index (χ3n) is 3.16. The topological polar surface area (TPSA) is 56.5 Å². The third-order valence-corrected chi connectivity index (χ3v) is 3.36. The number of esters is 1. The van der Waals surface area contributed by atoms with E-state index in [0.29, 0.717) is 10.8 Å². The van der Waals surface area contributed by atoms with Gasteiger partial charge in [0.2, 0.25) is 5.88 Å². The summed E-state index contributed by atoms with van der Waals surface area (Å²) in [6.07, 6.45) is 5.59. The predicted molar refractivity (Wildman–Crippen MR) is 65.6 cm³/mol. The fourth-order valence-electron chi connectivity index (χ4n) is 2.23. The van der Waals surface area contributed by atoms with Crippen molar-refractivity contribution in [1.29, 1.82) is 0 Å². The van der Waals surface area contributed by atoms with E-state index in [4.69, 9.17) is 16.3 Å². The minimum atomic E-state index is -0.193. The summed E-state index contributed by atoms with van der Waals surface area (Å²) in [6.45, 7) is 0. The standard InChI is InChI=1S/C12H12ClN3O2/c13-9-5-6-10-14-11(7-16(10)15-9)18-12(17)8-3-1-2-4-8/h5-8H,1-4H2. The zero-order valence-electron chi connectivity index (χ0n) is 9.67. The zero-order chi connectivity index (χ0) is 12.5. The maximum absolute atomic E-state index is 11.8. The molecule has 5 nitrogen and oxygen atoms in total. The molecule has 0 aliphatic heterocycles. The molecule has 1 fully saturated rings. The molecule has 0 N–H and O–H groups in total. The fourth-order valence-corrected chi connectivity index (χ4v) is 2.38. The van der Waals surface area contributed by atoms with Gasteiger partial charge in [0, 0.05) is 0 Å². The maximum atomic E-state index is 11.8. The van der Waals surface area contributed by atoms with Crippen molar-refractivity contribution in [3.8, 4) is 5.88 Å². The maximum Gasteiger partial charge on any atom is 0.315 e. The molecule has 0 aromatic carbocycles. The first-order valence-electron chi connectivity index (χ1n) is 5.96. The van der Waals surface area contributed by atoms with Gasteiger partial charge in [-0.15, -0.1) is 0 Å². The number of halogens is 1. The van der Waals surface area contributed by atoms with Crippen LogP contribution >= 0.6 is 11.6 Å². The Kier molecular flexibility index (Phi) is 2.91. The van der Waals surface area contributed by atoms with E-state index in [1.54, 1.807) is 18.3 Å². The van der Waals surface area contributed by atoms with Crippen LogP contribution in [0.5, 0.6) is 5.88 Å². The number of carbonyl (C=O) groups is 1. The zero-order valence-corrected chi connectivity index (χ0v) is 10.4. The number of fused-ring (bicyclic) bond motifs is 1. The molecule has 0 atom stereocenters. The summed E-state index contributed by atoms with van der Waals surface area (Å²) in [5.41, 5.74) is 0.605. The van der Waals surface area contributed by atoms with Gasteiger partial charge in [-0.05, 0) is 25.0 Å². The van der Waals surface area contributed by atoms with Crippen molar-refractivity contribution < 1.29 is 9.53 Å². The van der Waals surface area contributed by atoms with Crippen LogP contribution in [-0.2, 0) is 4.79 Å². The largest absolute Gasteiger partial charge is 0.405 e. The highest BCUT2D eigenvalue weighted by atomic mass is 35.5. The molecule has 0 bridgehead atoms. The van der Waals surface area contributed by atoms with E-state index in [1.807, 2.05) is 0 Å². The Bertz CT molecular complexity index is 590. The van der Waals surface area contributed by atoms with Crippen LogP contribution in [0.15, 0.2) is 18.3 Å². The molecular formula is C12H12ClN3O2. The molecule has 1 aliphatic rings. The van der Waals surface area contributed by atoms with E-state index in [0.717, 1.165) is 25.7 Å². The SMILES string of the molecule is O=C(Oc1cn2nc(Cl)ccc2n1)C1CCCC1. The van der Waals surface area contributed by atoms with Gasteiger partial charge in [0.15, 0.2) is 5.65 Å². The van der Waals surface area contributed by atoms with Crippen molar-refractivity contribution in [3.05, 3.63) is 23.5 Å². The van der Waals surface area contributed by atoms with Gasteiger partial charge in [-0.1, -0.05) is 24.4 Å². The molecule has 1 saturated carbocycles. The number of aromatic nitrogens is 3. The fraction of sp³-hybridized carbons (Fsp3) is 0.417. The number of hydrogen-bond acceptors (Lipinski definition) is 4. The molecule has 0 radical (unpaired) electrons. The van der Waals surface area contributed by atoms with E-state index in [1.165, 1.54) is 4.52 Å². The molecule has 2 heterocycles. The highest BCUT2D eigenvalue weighted by Gasteiger charge is 2.25. The van der Waals surface area contributed by atoms with Gasteiger partial charge >= 0.3 is 5.97 Å². The summed E-state index contributed by atoms with van der Waals surface area (Å²) in [5.74, 6) is 0.107. The van der Waals surface area contributed by atoms with Crippen molar-refractivity contribution in [3.63, 3.8) is 0 Å².